The minimum atomic E-state index is -0.686. The monoisotopic (exact) mass is 306 g/mol. The second-order valence-electron chi connectivity index (χ2n) is 5.68. The van der Waals surface area contributed by atoms with Crippen LogP contribution >= 0.6 is 0 Å². The van der Waals surface area contributed by atoms with Crippen molar-refractivity contribution in [3.05, 3.63) is 36.5 Å². The van der Waals surface area contributed by atoms with E-state index in [9.17, 15) is 4.79 Å². The van der Waals surface area contributed by atoms with Gasteiger partial charge < -0.3 is 5.11 Å². The molecule has 0 aliphatic rings. The average Bonchev–Trinajstić information content (AvgIpc) is 2.50. The Hall–Kier alpha value is -1.31. The van der Waals surface area contributed by atoms with Crippen LogP contribution in [0.5, 0.6) is 0 Å². The van der Waals surface area contributed by atoms with Crippen LogP contribution in [0.15, 0.2) is 36.5 Å². The molecule has 0 rings (SSSR count). The highest BCUT2D eigenvalue weighted by Gasteiger charge is 1.94. The molecule has 0 amide bonds. The van der Waals surface area contributed by atoms with Gasteiger partial charge in [0.05, 0.1) is 0 Å². The van der Waals surface area contributed by atoms with Crippen LogP contribution in [0.1, 0.15) is 84.0 Å². The molecule has 0 aromatic rings. The zero-order chi connectivity index (χ0) is 16.3. The summed E-state index contributed by atoms with van der Waals surface area (Å²) in [5.41, 5.74) is 0. The van der Waals surface area contributed by atoms with Crippen LogP contribution in [0, 0.1) is 0 Å². The Labute approximate surface area is 137 Å². The molecular weight excluding hydrogens is 272 g/mol. The molecule has 126 valence electrons. The minimum Gasteiger partial charge on any atom is -0.481 e. The van der Waals surface area contributed by atoms with E-state index in [0.29, 0.717) is 6.42 Å². The second kappa shape index (κ2) is 17.7. The summed E-state index contributed by atoms with van der Waals surface area (Å²) >= 11 is 0. The molecule has 0 atom stereocenters. The van der Waals surface area contributed by atoms with Gasteiger partial charge in [-0.05, 0) is 70.6 Å². The maximum atomic E-state index is 10.3. The van der Waals surface area contributed by atoms with Crippen molar-refractivity contribution < 1.29 is 9.90 Å². The van der Waals surface area contributed by atoms with E-state index in [-0.39, 0.29) is 0 Å². The summed E-state index contributed by atoms with van der Waals surface area (Å²) in [6.07, 6.45) is 26.3. The summed E-state index contributed by atoms with van der Waals surface area (Å²) in [5.74, 6) is -0.686. The van der Waals surface area contributed by atoms with Gasteiger partial charge in [-0.3, -0.25) is 4.79 Å². The number of carbonyl (C=O) groups is 1. The third-order valence-electron chi connectivity index (χ3n) is 3.48. The summed E-state index contributed by atoms with van der Waals surface area (Å²) in [6, 6.07) is 0. The fraction of sp³-hybridized carbons (Fsp3) is 0.650. The second-order valence-corrected chi connectivity index (χ2v) is 5.68. The lowest BCUT2D eigenvalue weighted by atomic mass is 10.1. The van der Waals surface area contributed by atoms with Gasteiger partial charge in [-0.15, -0.1) is 0 Å². The number of hydrogen-bond acceptors (Lipinski definition) is 1. The summed E-state index contributed by atoms with van der Waals surface area (Å²) in [4.78, 5) is 10.3. The van der Waals surface area contributed by atoms with Crippen molar-refractivity contribution in [3.63, 3.8) is 0 Å². The van der Waals surface area contributed by atoms with Crippen molar-refractivity contribution in [2.24, 2.45) is 0 Å². The van der Waals surface area contributed by atoms with Crippen molar-refractivity contribution in [1.29, 1.82) is 0 Å². The number of allylic oxidation sites excluding steroid dienone is 6. The molecule has 0 fully saturated rings. The fourth-order valence-corrected chi connectivity index (χ4v) is 2.17. The minimum absolute atomic E-state index is 0.301. The standard InChI is InChI=1S/C20H34O2/c1-2-3-4-5-6-7-8-9-10-11-12-13-14-15-16-17-18-19-20(21)22/h3-4,8-9,14-15H,2,5-7,10-13,16-19H2,1H3,(H,21,22)/b4-3+,9-8+,15-14+. The van der Waals surface area contributed by atoms with Gasteiger partial charge in [0, 0.05) is 6.42 Å². The summed E-state index contributed by atoms with van der Waals surface area (Å²) in [6.45, 7) is 2.17. The highest BCUT2D eigenvalue weighted by Crippen LogP contribution is 2.06. The van der Waals surface area contributed by atoms with Gasteiger partial charge in [0.15, 0.2) is 0 Å². The number of carboxylic acid groups (broad SMARTS) is 1. The Kier molecular flexibility index (Phi) is 16.7. The van der Waals surface area contributed by atoms with Crippen LogP contribution in [-0.4, -0.2) is 11.1 Å². The van der Waals surface area contributed by atoms with Gasteiger partial charge >= 0.3 is 5.97 Å². The molecule has 0 heterocycles. The maximum absolute atomic E-state index is 10.3. The quantitative estimate of drug-likeness (QED) is 0.279. The molecule has 2 nitrogen and oxygen atoms in total. The molecule has 0 unspecified atom stereocenters. The van der Waals surface area contributed by atoms with Crippen LogP contribution in [0.4, 0.5) is 0 Å². The normalized spacial score (nSPS) is 12.0. The Morgan fingerprint density at radius 1 is 0.682 bits per heavy atom. The highest BCUT2D eigenvalue weighted by atomic mass is 16.4. The molecule has 22 heavy (non-hydrogen) atoms. The molecule has 0 aliphatic heterocycles. The van der Waals surface area contributed by atoms with Crippen LogP contribution in [0.2, 0.25) is 0 Å². The van der Waals surface area contributed by atoms with E-state index >= 15 is 0 Å². The molecule has 0 aliphatic carbocycles. The molecule has 0 bridgehead atoms. The third kappa shape index (κ3) is 18.7. The lowest BCUT2D eigenvalue weighted by molar-refractivity contribution is -0.137. The number of aliphatic carboxylic acids is 1. The lowest BCUT2D eigenvalue weighted by Crippen LogP contribution is -1.92. The maximum Gasteiger partial charge on any atom is 0.303 e. The zero-order valence-electron chi connectivity index (χ0n) is 14.3. The number of carboxylic acids is 1. The topological polar surface area (TPSA) is 37.3 Å². The predicted octanol–water partition coefficient (Wildman–Crippen LogP) is 6.44. The zero-order valence-corrected chi connectivity index (χ0v) is 14.3. The van der Waals surface area contributed by atoms with E-state index in [1.165, 1.54) is 38.5 Å². The molecule has 0 spiro atoms. The SMILES string of the molecule is CC/C=C/CCC/C=C/CCCC/C=C/CCCCC(=O)O. The molecular formula is C20H34O2. The Morgan fingerprint density at radius 3 is 1.55 bits per heavy atom. The molecule has 0 saturated carbocycles. The van der Waals surface area contributed by atoms with Crippen LogP contribution in [0.25, 0.3) is 0 Å². The first-order valence-electron chi connectivity index (χ1n) is 8.94. The Bertz CT molecular complexity index is 327. The van der Waals surface area contributed by atoms with Crippen LogP contribution in [0.3, 0.4) is 0 Å². The largest absolute Gasteiger partial charge is 0.481 e. The van der Waals surface area contributed by atoms with Gasteiger partial charge in [-0.2, -0.15) is 0 Å². The first kappa shape index (κ1) is 20.7. The summed E-state index contributed by atoms with van der Waals surface area (Å²) in [7, 11) is 0. The predicted molar refractivity (Wildman–Crippen MR) is 96.1 cm³/mol. The number of unbranched alkanes of at least 4 members (excludes halogenated alkanes) is 7. The smallest absolute Gasteiger partial charge is 0.303 e. The molecule has 0 aromatic heterocycles. The molecule has 0 radical (unpaired) electrons. The van der Waals surface area contributed by atoms with E-state index in [1.807, 2.05) is 0 Å². The van der Waals surface area contributed by atoms with Crippen molar-refractivity contribution in [3.8, 4) is 0 Å². The molecule has 0 aromatic carbocycles. The van der Waals surface area contributed by atoms with Crippen molar-refractivity contribution in [2.75, 3.05) is 0 Å². The van der Waals surface area contributed by atoms with Crippen LogP contribution in [-0.2, 0) is 4.79 Å². The first-order valence-corrected chi connectivity index (χ1v) is 8.94. The highest BCUT2D eigenvalue weighted by molar-refractivity contribution is 5.66. The first-order chi connectivity index (χ1) is 10.8. The van der Waals surface area contributed by atoms with Crippen molar-refractivity contribution in [1.82, 2.24) is 0 Å². The van der Waals surface area contributed by atoms with Gasteiger partial charge in [0.1, 0.15) is 0 Å². The summed E-state index contributed by atoms with van der Waals surface area (Å²) < 4.78 is 0. The van der Waals surface area contributed by atoms with E-state index in [4.69, 9.17) is 5.11 Å². The van der Waals surface area contributed by atoms with Gasteiger partial charge in [-0.25, -0.2) is 0 Å². The molecule has 0 saturated heterocycles. The van der Waals surface area contributed by atoms with Gasteiger partial charge in [0.25, 0.3) is 0 Å². The lowest BCUT2D eigenvalue weighted by Gasteiger charge is -1.95. The van der Waals surface area contributed by atoms with Crippen molar-refractivity contribution in [2.45, 2.75) is 84.0 Å². The molecule has 2 heteroatoms. The van der Waals surface area contributed by atoms with Crippen LogP contribution < -0.4 is 0 Å². The third-order valence-corrected chi connectivity index (χ3v) is 3.48. The average molecular weight is 306 g/mol. The fourth-order valence-electron chi connectivity index (χ4n) is 2.17. The van der Waals surface area contributed by atoms with E-state index in [1.54, 1.807) is 0 Å². The number of rotatable bonds is 15. The Balaban J connectivity index is 3.22. The van der Waals surface area contributed by atoms with Crippen molar-refractivity contribution >= 4 is 5.97 Å². The molecule has 1 N–H and O–H groups in total. The van der Waals surface area contributed by atoms with E-state index in [0.717, 1.165) is 32.1 Å². The van der Waals surface area contributed by atoms with E-state index in [2.05, 4.69) is 43.4 Å². The summed E-state index contributed by atoms with van der Waals surface area (Å²) in [5, 5.41) is 8.51. The van der Waals surface area contributed by atoms with E-state index < -0.39 is 5.97 Å². The van der Waals surface area contributed by atoms with Gasteiger partial charge in [0.2, 0.25) is 0 Å². The Morgan fingerprint density at radius 2 is 1.09 bits per heavy atom. The number of hydrogen-bond donors (Lipinski definition) is 1. The van der Waals surface area contributed by atoms with Gasteiger partial charge in [-0.1, -0.05) is 43.4 Å².